The summed E-state index contributed by atoms with van der Waals surface area (Å²) in [6, 6.07) is 7.62. The minimum atomic E-state index is -0.802. The molecule has 1 N–H and O–H groups in total. The first-order valence-electron chi connectivity index (χ1n) is 6.75. The van der Waals surface area contributed by atoms with Crippen LogP contribution in [0, 0.1) is 9.49 Å². The predicted molar refractivity (Wildman–Crippen MR) is 84.4 cm³/mol. The van der Waals surface area contributed by atoms with E-state index in [9.17, 15) is 14.7 Å². The number of hydrogen-bond donors (Lipinski definition) is 1. The number of aliphatic carboxylic acids is 1. The van der Waals surface area contributed by atoms with Crippen LogP contribution in [0.25, 0.3) is 0 Å². The number of carboxylic acids is 1. The van der Waals surface area contributed by atoms with E-state index in [0.29, 0.717) is 19.4 Å². The largest absolute Gasteiger partial charge is 0.481 e. The van der Waals surface area contributed by atoms with Crippen LogP contribution in [0.3, 0.4) is 0 Å². The number of carboxylic acid groups (broad SMARTS) is 1. The number of amides is 1. The number of hydrogen-bond acceptors (Lipinski definition) is 2. The molecule has 20 heavy (non-hydrogen) atoms. The highest BCUT2D eigenvalue weighted by Gasteiger charge is 2.35. The van der Waals surface area contributed by atoms with E-state index in [1.54, 1.807) is 4.90 Å². The molecule has 0 unspecified atom stereocenters. The van der Waals surface area contributed by atoms with E-state index >= 15 is 0 Å². The predicted octanol–water partition coefficient (Wildman–Crippen LogP) is 2.55. The Bertz CT molecular complexity index is 500. The third kappa shape index (κ3) is 3.50. The van der Waals surface area contributed by atoms with Crippen molar-refractivity contribution in [1.29, 1.82) is 0 Å². The molecule has 108 valence electrons. The molecule has 1 aromatic rings. The Labute approximate surface area is 132 Å². The highest BCUT2D eigenvalue weighted by atomic mass is 127. The maximum atomic E-state index is 12.4. The monoisotopic (exact) mass is 387 g/mol. The van der Waals surface area contributed by atoms with Gasteiger partial charge in [0.1, 0.15) is 0 Å². The molecule has 1 aliphatic heterocycles. The summed E-state index contributed by atoms with van der Waals surface area (Å²) in [5.74, 6) is -1.22. The zero-order valence-corrected chi connectivity index (χ0v) is 13.5. The van der Waals surface area contributed by atoms with Gasteiger partial charge in [0.25, 0.3) is 0 Å². The summed E-state index contributed by atoms with van der Waals surface area (Å²) in [5, 5.41) is 9.19. The number of benzene rings is 1. The van der Waals surface area contributed by atoms with E-state index in [0.717, 1.165) is 15.6 Å². The lowest BCUT2D eigenvalue weighted by Crippen LogP contribution is -2.49. The van der Waals surface area contributed by atoms with Crippen LogP contribution in [0.5, 0.6) is 0 Å². The molecule has 1 amide bonds. The van der Waals surface area contributed by atoms with Crippen LogP contribution in [-0.2, 0) is 16.0 Å². The SMILES string of the molecule is C[C@@H]1[C@H](C(=O)O)CCCN1C(=O)Cc1ccc(I)cc1. The van der Waals surface area contributed by atoms with Crippen LogP contribution < -0.4 is 0 Å². The minimum absolute atomic E-state index is 0.0182. The van der Waals surface area contributed by atoms with Crippen LogP contribution in [0.1, 0.15) is 25.3 Å². The van der Waals surface area contributed by atoms with Crippen molar-refractivity contribution in [1.82, 2.24) is 4.90 Å². The van der Waals surface area contributed by atoms with Gasteiger partial charge in [-0.05, 0) is 60.1 Å². The summed E-state index contributed by atoms with van der Waals surface area (Å²) in [5.41, 5.74) is 0.972. The van der Waals surface area contributed by atoms with Crippen molar-refractivity contribution < 1.29 is 14.7 Å². The second kappa shape index (κ2) is 6.56. The number of carbonyl (C=O) groups excluding carboxylic acids is 1. The van der Waals surface area contributed by atoms with Crippen LogP contribution in [0.15, 0.2) is 24.3 Å². The first kappa shape index (κ1) is 15.3. The molecule has 0 bridgehead atoms. The average Bonchev–Trinajstić information content (AvgIpc) is 2.41. The lowest BCUT2D eigenvalue weighted by Gasteiger charge is -2.37. The molecule has 2 atom stereocenters. The van der Waals surface area contributed by atoms with E-state index in [2.05, 4.69) is 22.6 Å². The standard InChI is InChI=1S/C15H18INO3/c1-10-13(15(19)20)3-2-8-17(10)14(18)9-11-4-6-12(16)7-5-11/h4-7,10,13H,2-3,8-9H2,1H3,(H,19,20)/t10-,13-/m1/s1. The van der Waals surface area contributed by atoms with Crippen LogP contribution in [0.2, 0.25) is 0 Å². The third-order valence-corrected chi connectivity index (χ3v) is 4.61. The molecule has 1 aliphatic rings. The quantitative estimate of drug-likeness (QED) is 0.812. The van der Waals surface area contributed by atoms with Crippen molar-refractivity contribution >= 4 is 34.5 Å². The third-order valence-electron chi connectivity index (χ3n) is 3.89. The van der Waals surface area contributed by atoms with Gasteiger partial charge in [0.2, 0.25) is 5.91 Å². The van der Waals surface area contributed by atoms with Gasteiger partial charge in [-0.3, -0.25) is 9.59 Å². The number of carbonyl (C=O) groups is 2. The molecule has 4 nitrogen and oxygen atoms in total. The molecule has 0 radical (unpaired) electrons. The number of rotatable bonds is 3. The molecule has 1 saturated heterocycles. The fraction of sp³-hybridized carbons (Fsp3) is 0.467. The van der Waals surface area contributed by atoms with Gasteiger partial charge >= 0.3 is 5.97 Å². The van der Waals surface area contributed by atoms with Crippen LogP contribution >= 0.6 is 22.6 Å². The Kier molecular flexibility index (Phi) is 5.01. The zero-order chi connectivity index (χ0) is 14.7. The lowest BCUT2D eigenvalue weighted by atomic mass is 9.90. The van der Waals surface area contributed by atoms with Crippen molar-refractivity contribution in [3.05, 3.63) is 33.4 Å². The van der Waals surface area contributed by atoms with Gasteiger partial charge in [0.05, 0.1) is 12.3 Å². The molecular weight excluding hydrogens is 369 g/mol. The fourth-order valence-electron chi connectivity index (χ4n) is 2.70. The second-order valence-corrected chi connectivity index (χ2v) is 6.46. The number of likely N-dealkylation sites (tertiary alicyclic amines) is 1. The Morgan fingerprint density at radius 2 is 2.00 bits per heavy atom. The molecule has 0 saturated carbocycles. The molecule has 5 heteroatoms. The molecule has 2 rings (SSSR count). The van der Waals surface area contributed by atoms with E-state index in [1.165, 1.54) is 0 Å². The Morgan fingerprint density at radius 3 is 2.60 bits per heavy atom. The maximum Gasteiger partial charge on any atom is 0.308 e. The Morgan fingerprint density at radius 1 is 1.35 bits per heavy atom. The van der Waals surface area contributed by atoms with E-state index in [1.807, 2.05) is 31.2 Å². The molecule has 0 aromatic heterocycles. The molecule has 1 heterocycles. The molecule has 1 aromatic carbocycles. The summed E-state index contributed by atoms with van der Waals surface area (Å²) in [6.45, 7) is 2.50. The van der Waals surface area contributed by atoms with Crippen molar-refractivity contribution in [2.75, 3.05) is 6.54 Å². The zero-order valence-electron chi connectivity index (χ0n) is 11.4. The van der Waals surface area contributed by atoms with Crippen molar-refractivity contribution in [2.45, 2.75) is 32.2 Å². The van der Waals surface area contributed by atoms with E-state index < -0.39 is 11.9 Å². The summed E-state index contributed by atoms with van der Waals surface area (Å²) in [7, 11) is 0. The fourth-order valence-corrected chi connectivity index (χ4v) is 3.06. The summed E-state index contributed by atoms with van der Waals surface area (Å²) in [4.78, 5) is 25.3. The van der Waals surface area contributed by atoms with Gasteiger partial charge in [-0.25, -0.2) is 0 Å². The number of piperidine rings is 1. The first-order chi connectivity index (χ1) is 9.49. The molecule has 1 fully saturated rings. The summed E-state index contributed by atoms with van der Waals surface area (Å²) >= 11 is 2.23. The van der Waals surface area contributed by atoms with Crippen molar-refractivity contribution in [2.24, 2.45) is 5.92 Å². The highest BCUT2D eigenvalue weighted by molar-refractivity contribution is 14.1. The second-order valence-electron chi connectivity index (χ2n) is 5.22. The van der Waals surface area contributed by atoms with E-state index in [-0.39, 0.29) is 11.9 Å². The van der Waals surface area contributed by atoms with Gasteiger partial charge in [0, 0.05) is 16.2 Å². The van der Waals surface area contributed by atoms with E-state index in [4.69, 9.17) is 0 Å². The maximum absolute atomic E-state index is 12.4. The normalized spacial score (nSPS) is 22.6. The van der Waals surface area contributed by atoms with Gasteiger partial charge < -0.3 is 10.0 Å². The highest BCUT2D eigenvalue weighted by Crippen LogP contribution is 2.24. The topological polar surface area (TPSA) is 57.6 Å². The number of halogens is 1. The van der Waals surface area contributed by atoms with Gasteiger partial charge in [-0.2, -0.15) is 0 Å². The Hall–Kier alpha value is -1.11. The van der Waals surface area contributed by atoms with Gasteiger partial charge in [-0.15, -0.1) is 0 Å². The summed E-state index contributed by atoms with van der Waals surface area (Å²) < 4.78 is 1.14. The van der Waals surface area contributed by atoms with Crippen LogP contribution in [0.4, 0.5) is 0 Å². The lowest BCUT2D eigenvalue weighted by molar-refractivity contribution is -0.148. The smallest absolute Gasteiger partial charge is 0.308 e. The van der Waals surface area contributed by atoms with Gasteiger partial charge in [-0.1, -0.05) is 12.1 Å². The van der Waals surface area contributed by atoms with Crippen molar-refractivity contribution in [3.63, 3.8) is 0 Å². The average molecular weight is 387 g/mol. The Balaban J connectivity index is 2.04. The summed E-state index contributed by atoms with van der Waals surface area (Å²) in [6.07, 6.45) is 1.76. The van der Waals surface area contributed by atoms with Crippen molar-refractivity contribution in [3.8, 4) is 0 Å². The first-order valence-corrected chi connectivity index (χ1v) is 7.83. The molecule has 0 aliphatic carbocycles. The number of nitrogens with zero attached hydrogens (tertiary/aromatic N) is 1. The van der Waals surface area contributed by atoms with Gasteiger partial charge in [0.15, 0.2) is 0 Å². The van der Waals surface area contributed by atoms with Crippen LogP contribution in [-0.4, -0.2) is 34.5 Å². The minimum Gasteiger partial charge on any atom is -0.481 e. The molecule has 0 spiro atoms. The molecular formula is C15H18INO3.